The van der Waals surface area contributed by atoms with Crippen molar-refractivity contribution in [1.29, 1.82) is 0 Å². The molecule has 1 aliphatic heterocycles. The first-order chi connectivity index (χ1) is 14.0. The van der Waals surface area contributed by atoms with Crippen molar-refractivity contribution < 1.29 is 13.9 Å². The van der Waals surface area contributed by atoms with Crippen molar-refractivity contribution >= 4 is 17.5 Å². The maximum Gasteiger partial charge on any atom is 0.153 e. The topological polar surface area (TPSA) is 75.3 Å². The molecule has 8 heteroatoms. The summed E-state index contributed by atoms with van der Waals surface area (Å²) in [6.45, 7) is 5.72. The Morgan fingerprint density at radius 1 is 1.14 bits per heavy atom. The third kappa shape index (κ3) is 4.32. The van der Waals surface area contributed by atoms with Gasteiger partial charge in [0.25, 0.3) is 0 Å². The van der Waals surface area contributed by atoms with Gasteiger partial charge in [0, 0.05) is 30.8 Å². The average Bonchev–Trinajstić information content (AvgIpc) is 3.15. The van der Waals surface area contributed by atoms with Gasteiger partial charge in [0.1, 0.15) is 23.2 Å². The fraction of sp³-hybridized carbons (Fsp3) is 0.333. The van der Waals surface area contributed by atoms with Gasteiger partial charge in [-0.2, -0.15) is 5.10 Å². The van der Waals surface area contributed by atoms with E-state index in [2.05, 4.69) is 34.3 Å². The molecular weight excluding hydrogens is 373 g/mol. The second-order valence-corrected chi connectivity index (χ2v) is 7.18. The Hall–Kier alpha value is -3.13. The molecule has 1 fully saturated rings. The van der Waals surface area contributed by atoms with Crippen LogP contribution in [0.1, 0.15) is 13.8 Å². The minimum absolute atomic E-state index is 0.158. The van der Waals surface area contributed by atoms with Gasteiger partial charge in [-0.15, -0.1) is 0 Å². The van der Waals surface area contributed by atoms with Crippen molar-refractivity contribution in [3.8, 4) is 17.0 Å². The monoisotopic (exact) mass is 397 g/mol. The number of methoxy groups -OCH3 is 1. The Labute approximate surface area is 168 Å². The van der Waals surface area contributed by atoms with E-state index in [0.29, 0.717) is 28.6 Å². The first-order valence-electron chi connectivity index (χ1n) is 9.55. The highest BCUT2D eigenvalue weighted by molar-refractivity contribution is 5.66. The Bertz CT molecular complexity index is 983. The Morgan fingerprint density at radius 3 is 2.66 bits per heavy atom. The molecule has 0 saturated carbocycles. The summed E-state index contributed by atoms with van der Waals surface area (Å²) >= 11 is 0. The number of aromatic amines is 1. The number of H-pyrrole nitrogens is 1. The van der Waals surface area contributed by atoms with Crippen LogP contribution in [0, 0.1) is 5.82 Å². The zero-order valence-corrected chi connectivity index (χ0v) is 16.6. The lowest BCUT2D eigenvalue weighted by Crippen LogP contribution is -2.45. The summed E-state index contributed by atoms with van der Waals surface area (Å²) in [7, 11) is 1.51. The molecule has 0 amide bonds. The molecule has 1 aromatic carbocycles. The van der Waals surface area contributed by atoms with Gasteiger partial charge in [0.05, 0.1) is 25.0 Å². The largest absolute Gasteiger partial charge is 0.497 e. The molecule has 2 N–H and O–H groups in total. The van der Waals surface area contributed by atoms with Crippen LogP contribution in [0.3, 0.4) is 0 Å². The molecule has 0 spiro atoms. The quantitative estimate of drug-likeness (QED) is 0.678. The maximum absolute atomic E-state index is 14.3. The van der Waals surface area contributed by atoms with Crippen molar-refractivity contribution in [3.63, 3.8) is 0 Å². The minimum Gasteiger partial charge on any atom is -0.497 e. The van der Waals surface area contributed by atoms with E-state index in [0.717, 1.165) is 18.9 Å². The Morgan fingerprint density at radius 2 is 1.93 bits per heavy atom. The van der Waals surface area contributed by atoms with E-state index in [-0.39, 0.29) is 18.0 Å². The molecule has 29 heavy (non-hydrogen) atoms. The maximum atomic E-state index is 14.3. The molecule has 7 nitrogen and oxygen atoms in total. The van der Waals surface area contributed by atoms with Gasteiger partial charge >= 0.3 is 0 Å². The van der Waals surface area contributed by atoms with Gasteiger partial charge in [0.15, 0.2) is 5.82 Å². The number of nitrogens with one attached hydrogen (secondary N) is 2. The van der Waals surface area contributed by atoms with Crippen LogP contribution in [0.15, 0.2) is 42.5 Å². The number of benzene rings is 1. The number of morpholine rings is 1. The molecule has 1 saturated heterocycles. The van der Waals surface area contributed by atoms with E-state index < -0.39 is 0 Å². The molecule has 2 aromatic heterocycles. The number of nitrogens with zero attached hydrogens (tertiary/aromatic N) is 3. The van der Waals surface area contributed by atoms with Crippen LogP contribution in [0.2, 0.25) is 0 Å². The smallest absolute Gasteiger partial charge is 0.153 e. The van der Waals surface area contributed by atoms with Crippen LogP contribution >= 0.6 is 0 Å². The summed E-state index contributed by atoms with van der Waals surface area (Å²) < 4.78 is 25.1. The van der Waals surface area contributed by atoms with Crippen molar-refractivity contribution in [3.05, 3.63) is 48.3 Å². The molecule has 152 valence electrons. The molecule has 2 atom stereocenters. The molecule has 0 bridgehead atoms. The number of rotatable bonds is 5. The molecule has 0 aliphatic carbocycles. The first-order valence-corrected chi connectivity index (χ1v) is 9.55. The van der Waals surface area contributed by atoms with Crippen LogP contribution in [0.4, 0.5) is 21.8 Å². The third-order valence-corrected chi connectivity index (χ3v) is 4.78. The second-order valence-electron chi connectivity index (χ2n) is 7.18. The molecule has 3 aromatic rings. The number of hydrogen-bond donors (Lipinski definition) is 2. The van der Waals surface area contributed by atoms with Gasteiger partial charge in [0.2, 0.25) is 0 Å². The van der Waals surface area contributed by atoms with Crippen LogP contribution in [-0.2, 0) is 4.74 Å². The van der Waals surface area contributed by atoms with Crippen molar-refractivity contribution in [2.45, 2.75) is 26.1 Å². The summed E-state index contributed by atoms with van der Waals surface area (Å²) in [6.07, 6.45) is 0.316. The summed E-state index contributed by atoms with van der Waals surface area (Å²) in [5.74, 6) is 2.20. The van der Waals surface area contributed by atoms with E-state index in [1.807, 2.05) is 18.2 Å². The number of halogens is 1. The minimum atomic E-state index is -0.379. The zero-order valence-electron chi connectivity index (χ0n) is 16.6. The highest BCUT2D eigenvalue weighted by Gasteiger charge is 2.23. The fourth-order valence-corrected chi connectivity index (χ4v) is 3.53. The van der Waals surface area contributed by atoms with Gasteiger partial charge in [-0.05, 0) is 38.1 Å². The first kappa shape index (κ1) is 19.2. The zero-order chi connectivity index (χ0) is 20.4. The molecule has 0 unspecified atom stereocenters. The second kappa shape index (κ2) is 8.08. The number of ether oxygens (including phenoxy) is 2. The highest BCUT2D eigenvalue weighted by Crippen LogP contribution is 2.27. The lowest BCUT2D eigenvalue weighted by atomic mass is 10.1. The predicted molar refractivity (Wildman–Crippen MR) is 110 cm³/mol. The van der Waals surface area contributed by atoms with Crippen LogP contribution in [0.5, 0.6) is 5.75 Å². The lowest BCUT2D eigenvalue weighted by Gasteiger charge is -2.36. The van der Waals surface area contributed by atoms with E-state index in [1.165, 1.54) is 13.2 Å². The number of hydrogen-bond acceptors (Lipinski definition) is 6. The van der Waals surface area contributed by atoms with Gasteiger partial charge < -0.3 is 19.7 Å². The Balaban J connectivity index is 1.51. The SMILES string of the molecule is COc1ccc(-c2cc(Nc3cccc(N4C[C@@H](C)O[C@@H](C)C4)n3)n[nH]2)c(F)c1. The van der Waals surface area contributed by atoms with Gasteiger partial charge in [-0.3, -0.25) is 5.10 Å². The van der Waals surface area contributed by atoms with Gasteiger partial charge in [-0.25, -0.2) is 9.37 Å². The molecule has 4 rings (SSSR count). The fourth-order valence-electron chi connectivity index (χ4n) is 3.53. The highest BCUT2D eigenvalue weighted by atomic mass is 19.1. The summed E-state index contributed by atoms with van der Waals surface area (Å²) in [6, 6.07) is 12.3. The molecule has 0 radical (unpaired) electrons. The summed E-state index contributed by atoms with van der Waals surface area (Å²) in [5.41, 5.74) is 0.990. The summed E-state index contributed by atoms with van der Waals surface area (Å²) in [5, 5.41) is 10.3. The Kier molecular flexibility index (Phi) is 5.35. The molecule has 1 aliphatic rings. The average molecular weight is 397 g/mol. The number of anilines is 3. The van der Waals surface area contributed by atoms with E-state index >= 15 is 0 Å². The van der Waals surface area contributed by atoms with E-state index in [4.69, 9.17) is 14.5 Å². The number of aromatic nitrogens is 3. The molecular formula is C21H24FN5O2. The van der Waals surface area contributed by atoms with Crippen LogP contribution in [-0.4, -0.2) is 47.6 Å². The summed E-state index contributed by atoms with van der Waals surface area (Å²) in [4.78, 5) is 6.91. The predicted octanol–water partition coefficient (Wildman–Crippen LogP) is 3.98. The normalized spacial score (nSPS) is 19.2. The molecule has 3 heterocycles. The standard InChI is InChI=1S/C21H24FN5O2/c1-13-11-27(12-14(2)29-13)21-6-4-5-19(24-21)23-20-10-18(25-26-20)16-8-7-15(28-3)9-17(16)22/h4-10,13-14H,11-12H2,1-3H3,(H2,23,24,25,26)/t13-,14+. The van der Waals surface area contributed by atoms with Crippen LogP contribution < -0.4 is 15.0 Å². The van der Waals surface area contributed by atoms with E-state index in [1.54, 1.807) is 18.2 Å². The van der Waals surface area contributed by atoms with Crippen molar-refractivity contribution in [2.75, 3.05) is 30.4 Å². The third-order valence-electron chi connectivity index (χ3n) is 4.78. The van der Waals surface area contributed by atoms with E-state index in [9.17, 15) is 4.39 Å². The van der Waals surface area contributed by atoms with Crippen molar-refractivity contribution in [2.24, 2.45) is 0 Å². The van der Waals surface area contributed by atoms with Gasteiger partial charge in [-0.1, -0.05) is 6.07 Å². The lowest BCUT2D eigenvalue weighted by molar-refractivity contribution is -0.00545. The van der Waals surface area contributed by atoms with Crippen molar-refractivity contribution in [1.82, 2.24) is 15.2 Å². The van der Waals surface area contributed by atoms with Crippen LogP contribution in [0.25, 0.3) is 11.3 Å². The number of pyridine rings is 1.